The summed E-state index contributed by atoms with van der Waals surface area (Å²) in [6, 6.07) is 0.666. The summed E-state index contributed by atoms with van der Waals surface area (Å²) >= 11 is 0. The van der Waals surface area contributed by atoms with E-state index in [1.54, 1.807) is 0 Å². The molecule has 0 radical (unpaired) electrons. The first-order valence-corrected chi connectivity index (χ1v) is 3.81. The second-order valence-corrected chi connectivity index (χ2v) is 2.80. The highest BCUT2D eigenvalue weighted by Gasteiger charge is 2.15. The van der Waals surface area contributed by atoms with Crippen molar-refractivity contribution in [2.75, 3.05) is 6.54 Å². The Labute approximate surface area is 61.0 Å². The molecule has 0 spiro atoms. The molecule has 58 valence electrons. The number of nitrogens with two attached hydrogens (primary N) is 1. The van der Waals surface area contributed by atoms with E-state index in [9.17, 15) is 4.79 Å². The Kier molecular flexibility index (Phi) is 2.68. The van der Waals surface area contributed by atoms with Gasteiger partial charge in [-0.25, -0.2) is 0 Å². The maximum atomic E-state index is 10.3. The Morgan fingerprint density at radius 2 is 2.30 bits per heavy atom. The minimum Gasteiger partial charge on any atom is -0.370 e. The van der Waals surface area contributed by atoms with E-state index in [0.717, 1.165) is 6.54 Å². The Balaban J connectivity index is 1.89. The zero-order valence-corrected chi connectivity index (χ0v) is 6.10. The van der Waals surface area contributed by atoms with Crippen LogP contribution in [-0.4, -0.2) is 18.5 Å². The van der Waals surface area contributed by atoms with Gasteiger partial charge in [-0.1, -0.05) is 6.42 Å². The predicted octanol–water partition coefficient (Wildman–Crippen LogP) is 0.00390. The van der Waals surface area contributed by atoms with Gasteiger partial charge in [-0.2, -0.15) is 0 Å². The minimum absolute atomic E-state index is 0.216. The lowest BCUT2D eigenvalue weighted by Gasteiger charge is -2.26. The lowest BCUT2D eigenvalue weighted by molar-refractivity contribution is -0.117. The van der Waals surface area contributed by atoms with Crippen LogP contribution in [0.2, 0.25) is 0 Å². The largest absolute Gasteiger partial charge is 0.370 e. The Morgan fingerprint density at radius 3 is 2.70 bits per heavy atom. The van der Waals surface area contributed by atoms with E-state index in [1.165, 1.54) is 19.3 Å². The molecule has 0 bridgehead atoms. The molecule has 1 fully saturated rings. The first kappa shape index (κ1) is 7.54. The van der Waals surface area contributed by atoms with Crippen molar-refractivity contribution in [2.45, 2.75) is 31.7 Å². The molecule has 0 unspecified atom stereocenters. The molecule has 0 saturated heterocycles. The van der Waals surface area contributed by atoms with Crippen LogP contribution in [0, 0.1) is 0 Å². The molecule has 0 heterocycles. The fraction of sp³-hybridized carbons (Fsp3) is 0.857. The molecule has 0 atom stereocenters. The van der Waals surface area contributed by atoms with E-state index in [2.05, 4.69) is 5.32 Å². The van der Waals surface area contributed by atoms with Crippen molar-refractivity contribution >= 4 is 5.91 Å². The maximum absolute atomic E-state index is 10.3. The van der Waals surface area contributed by atoms with Crippen LogP contribution in [0.15, 0.2) is 0 Å². The molecule has 0 aliphatic heterocycles. The van der Waals surface area contributed by atoms with Gasteiger partial charge in [0.2, 0.25) is 5.91 Å². The number of hydrogen-bond donors (Lipinski definition) is 2. The normalized spacial score (nSPS) is 18.4. The number of carbonyl (C=O) groups excluding carboxylic acids is 1. The number of nitrogens with one attached hydrogen (secondary N) is 1. The van der Waals surface area contributed by atoms with Gasteiger partial charge in [0.15, 0.2) is 0 Å². The van der Waals surface area contributed by atoms with Crippen LogP contribution in [0.1, 0.15) is 25.7 Å². The molecule has 10 heavy (non-hydrogen) atoms. The number of hydrogen-bond acceptors (Lipinski definition) is 2. The summed E-state index contributed by atoms with van der Waals surface area (Å²) in [5.41, 5.74) is 4.96. The monoisotopic (exact) mass is 142 g/mol. The summed E-state index contributed by atoms with van der Waals surface area (Å²) in [6.07, 6.45) is 4.32. The molecule has 0 aromatic rings. The predicted molar refractivity (Wildman–Crippen MR) is 39.5 cm³/mol. The minimum atomic E-state index is -0.216. The van der Waals surface area contributed by atoms with Gasteiger partial charge in [-0.15, -0.1) is 0 Å². The highest BCUT2D eigenvalue weighted by Crippen LogP contribution is 2.17. The topological polar surface area (TPSA) is 55.1 Å². The molecule has 1 aliphatic rings. The molecule has 1 rings (SSSR count). The third-order valence-corrected chi connectivity index (χ3v) is 1.91. The quantitative estimate of drug-likeness (QED) is 0.580. The van der Waals surface area contributed by atoms with Crippen molar-refractivity contribution in [1.29, 1.82) is 0 Å². The number of rotatable bonds is 4. The summed E-state index contributed by atoms with van der Waals surface area (Å²) in [5, 5.41) is 3.25. The fourth-order valence-corrected chi connectivity index (χ4v) is 1.01. The number of carbonyl (C=O) groups is 1. The zero-order valence-electron chi connectivity index (χ0n) is 6.10. The van der Waals surface area contributed by atoms with E-state index in [-0.39, 0.29) is 5.91 Å². The summed E-state index contributed by atoms with van der Waals surface area (Å²) in [4.78, 5) is 10.3. The third kappa shape index (κ3) is 2.35. The van der Waals surface area contributed by atoms with Crippen LogP contribution < -0.4 is 11.1 Å². The van der Waals surface area contributed by atoms with Crippen molar-refractivity contribution in [3.8, 4) is 0 Å². The van der Waals surface area contributed by atoms with Crippen LogP contribution in [0.5, 0.6) is 0 Å². The van der Waals surface area contributed by atoms with Gasteiger partial charge in [0.1, 0.15) is 0 Å². The Morgan fingerprint density at radius 1 is 1.60 bits per heavy atom. The molecule has 3 N–H and O–H groups in total. The fourth-order valence-electron chi connectivity index (χ4n) is 1.01. The average Bonchev–Trinajstić information content (AvgIpc) is 1.75. The molecular formula is C7H14N2O. The van der Waals surface area contributed by atoms with Crippen molar-refractivity contribution in [2.24, 2.45) is 5.73 Å². The first-order chi connectivity index (χ1) is 4.79. The SMILES string of the molecule is NC(=O)CCNC1CCC1. The van der Waals surface area contributed by atoms with Crippen LogP contribution in [0.4, 0.5) is 0 Å². The standard InChI is InChI=1S/C7H14N2O/c8-7(10)4-5-9-6-2-1-3-6/h6,9H,1-5H2,(H2,8,10). The van der Waals surface area contributed by atoms with Gasteiger partial charge in [0.05, 0.1) is 0 Å². The van der Waals surface area contributed by atoms with Gasteiger partial charge in [-0.3, -0.25) is 4.79 Å². The molecule has 0 aromatic carbocycles. The molecular weight excluding hydrogens is 128 g/mol. The smallest absolute Gasteiger partial charge is 0.218 e. The highest BCUT2D eigenvalue weighted by atomic mass is 16.1. The van der Waals surface area contributed by atoms with Crippen LogP contribution >= 0.6 is 0 Å². The number of primary amides is 1. The van der Waals surface area contributed by atoms with Crippen LogP contribution in [-0.2, 0) is 4.79 Å². The average molecular weight is 142 g/mol. The molecule has 1 amide bonds. The molecule has 0 aromatic heterocycles. The molecule has 3 nitrogen and oxygen atoms in total. The lowest BCUT2D eigenvalue weighted by Crippen LogP contribution is -2.36. The second-order valence-electron chi connectivity index (χ2n) is 2.80. The zero-order chi connectivity index (χ0) is 7.40. The van der Waals surface area contributed by atoms with Crippen molar-refractivity contribution in [3.05, 3.63) is 0 Å². The van der Waals surface area contributed by atoms with Gasteiger partial charge in [0, 0.05) is 19.0 Å². The van der Waals surface area contributed by atoms with Crippen molar-refractivity contribution in [1.82, 2.24) is 5.32 Å². The molecule has 1 aliphatic carbocycles. The van der Waals surface area contributed by atoms with Crippen LogP contribution in [0.25, 0.3) is 0 Å². The summed E-state index contributed by atoms with van der Waals surface area (Å²) in [5.74, 6) is -0.216. The van der Waals surface area contributed by atoms with E-state index < -0.39 is 0 Å². The second kappa shape index (κ2) is 3.56. The van der Waals surface area contributed by atoms with E-state index in [1.807, 2.05) is 0 Å². The third-order valence-electron chi connectivity index (χ3n) is 1.91. The first-order valence-electron chi connectivity index (χ1n) is 3.81. The van der Waals surface area contributed by atoms with E-state index in [0.29, 0.717) is 12.5 Å². The lowest BCUT2D eigenvalue weighted by atomic mass is 9.93. The summed E-state index contributed by atoms with van der Waals surface area (Å²) in [6.45, 7) is 0.750. The number of amides is 1. The van der Waals surface area contributed by atoms with Crippen LogP contribution in [0.3, 0.4) is 0 Å². The summed E-state index contributed by atoms with van der Waals surface area (Å²) < 4.78 is 0. The Bertz CT molecular complexity index is 121. The highest BCUT2D eigenvalue weighted by molar-refractivity contribution is 5.73. The van der Waals surface area contributed by atoms with Gasteiger partial charge >= 0.3 is 0 Å². The molecule has 1 saturated carbocycles. The Hall–Kier alpha value is -0.570. The van der Waals surface area contributed by atoms with Gasteiger partial charge in [-0.05, 0) is 12.8 Å². The molecule has 3 heteroatoms. The maximum Gasteiger partial charge on any atom is 0.218 e. The van der Waals surface area contributed by atoms with Crippen molar-refractivity contribution in [3.63, 3.8) is 0 Å². The van der Waals surface area contributed by atoms with E-state index >= 15 is 0 Å². The van der Waals surface area contributed by atoms with Gasteiger partial charge in [0.25, 0.3) is 0 Å². The van der Waals surface area contributed by atoms with Gasteiger partial charge < -0.3 is 11.1 Å². The summed E-state index contributed by atoms with van der Waals surface area (Å²) in [7, 11) is 0. The van der Waals surface area contributed by atoms with E-state index in [4.69, 9.17) is 5.73 Å². The van der Waals surface area contributed by atoms with Crippen molar-refractivity contribution < 1.29 is 4.79 Å².